The van der Waals surface area contributed by atoms with Crippen LogP contribution in [-0.2, 0) is 14.3 Å². The van der Waals surface area contributed by atoms with Crippen LogP contribution in [0.25, 0.3) is 0 Å². The van der Waals surface area contributed by atoms with Gasteiger partial charge in [-0.05, 0) is 5.92 Å². The first-order chi connectivity index (χ1) is 7.38. The Morgan fingerprint density at radius 1 is 1.38 bits per heavy atom. The molecular formula is C11H21NO4. The molecular weight excluding hydrogens is 210 g/mol. The summed E-state index contributed by atoms with van der Waals surface area (Å²) in [6, 6.07) is 0. The molecule has 5 heteroatoms. The van der Waals surface area contributed by atoms with Gasteiger partial charge in [-0.2, -0.15) is 0 Å². The van der Waals surface area contributed by atoms with E-state index in [1.807, 2.05) is 6.92 Å². The molecule has 0 saturated carbocycles. The van der Waals surface area contributed by atoms with Gasteiger partial charge in [0.25, 0.3) is 0 Å². The first-order valence-corrected chi connectivity index (χ1v) is 5.34. The van der Waals surface area contributed by atoms with E-state index in [0.717, 1.165) is 0 Å². The molecule has 5 nitrogen and oxygen atoms in total. The maximum atomic E-state index is 11.7. The molecule has 0 aromatic carbocycles. The second-order valence-electron chi connectivity index (χ2n) is 4.28. The Balaban J connectivity index is 4.03. The van der Waals surface area contributed by atoms with Crippen molar-refractivity contribution in [3.8, 4) is 0 Å². The van der Waals surface area contributed by atoms with Crippen LogP contribution >= 0.6 is 0 Å². The molecule has 0 saturated heterocycles. The Morgan fingerprint density at radius 3 is 2.38 bits per heavy atom. The highest BCUT2D eigenvalue weighted by Gasteiger charge is 2.18. The highest BCUT2D eigenvalue weighted by Crippen LogP contribution is 2.06. The summed E-state index contributed by atoms with van der Waals surface area (Å²) in [6.07, 6.45) is 0.386. The third-order valence-corrected chi connectivity index (χ3v) is 2.37. The lowest BCUT2D eigenvalue weighted by atomic mass is 10.1. The van der Waals surface area contributed by atoms with Gasteiger partial charge in [0.15, 0.2) is 0 Å². The third kappa shape index (κ3) is 5.70. The van der Waals surface area contributed by atoms with Gasteiger partial charge in [0.05, 0.1) is 5.92 Å². The van der Waals surface area contributed by atoms with E-state index in [2.05, 4.69) is 0 Å². The molecule has 0 spiro atoms. The van der Waals surface area contributed by atoms with E-state index in [1.165, 1.54) is 4.90 Å². The highest BCUT2D eigenvalue weighted by molar-refractivity contribution is 5.77. The van der Waals surface area contributed by atoms with Crippen molar-refractivity contribution < 1.29 is 19.4 Å². The lowest BCUT2D eigenvalue weighted by Crippen LogP contribution is -2.34. The Hall–Kier alpha value is -1.10. The van der Waals surface area contributed by atoms with Gasteiger partial charge < -0.3 is 14.7 Å². The first-order valence-electron chi connectivity index (χ1n) is 5.34. The van der Waals surface area contributed by atoms with Gasteiger partial charge in [0, 0.05) is 33.7 Å². The average molecular weight is 231 g/mol. The largest absolute Gasteiger partial charge is 0.481 e. The molecule has 16 heavy (non-hydrogen) atoms. The summed E-state index contributed by atoms with van der Waals surface area (Å²) in [5, 5.41) is 8.72. The van der Waals surface area contributed by atoms with Crippen LogP contribution in [0.4, 0.5) is 0 Å². The fourth-order valence-corrected chi connectivity index (χ4v) is 1.39. The van der Waals surface area contributed by atoms with Gasteiger partial charge in [0.1, 0.15) is 0 Å². The molecule has 0 radical (unpaired) electrons. The lowest BCUT2D eigenvalue weighted by molar-refractivity contribution is -0.142. The average Bonchev–Trinajstić information content (AvgIpc) is 2.17. The second kappa shape index (κ2) is 7.22. The smallest absolute Gasteiger partial charge is 0.308 e. The van der Waals surface area contributed by atoms with Gasteiger partial charge in [-0.15, -0.1) is 0 Å². The molecule has 0 aromatic heterocycles. The van der Waals surface area contributed by atoms with E-state index >= 15 is 0 Å². The molecule has 94 valence electrons. The standard InChI is InChI=1S/C11H21NO4/c1-8(7-16-4)5-10(13)12(3)6-9(2)11(14)15/h8-9H,5-7H2,1-4H3,(H,14,15). The van der Waals surface area contributed by atoms with Crippen LogP contribution in [0.3, 0.4) is 0 Å². The number of hydrogen-bond donors (Lipinski definition) is 1. The summed E-state index contributed by atoms with van der Waals surface area (Å²) in [5.74, 6) is -1.31. The monoisotopic (exact) mass is 231 g/mol. The van der Waals surface area contributed by atoms with E-state index < -0.39 is 11.9 Å². The number of ether oxygens (including phenoxy) is 1. The summed E-state index contributed by atoms with van der Waals surface area (Å²) in [4.78, 5) is 23.8. The van der Waals surface area contributed by atoms with Gasteiger partial charge in [-0.3, -0.25) is 9.59 Å². The Kier molecular flexibility index (Phi) is 6.72. The second-order valence-corrected chi connectivity index (χ2v) is 4.28. The van der Waals surface area contributed by atoms with Gasteiger partial charge in [0.2, 0.25) is 5.91 Å². The van der Waals surface area contributed by atoms with E-state index in [9.17, 15) is 9.59 Å². The zero-order chi connectivity index (χ0) is 12.7. The Labute approximate surface area is 96.4 Å². The molecule has 0 aromatic rings. The lowest BCUT2D eigenvalue weighted by Gasteiger charge is -2.21. The summed E-state index contributed by atoms with van der Waals surface area (Å²) < 4.78 is 4.94. The van der Waals surface area contributed by atoms with Crippen molar-refractivity contribution in [2.24, 2.45) is 11.8 Å². The molecule has 2 unspecified atom stereocenters. The summed E-state index contributed by atoms with van der Waals surface area (Å²) in [6.45, 7) is 4.29. The number of carbonyl (C=O) groups excluding carboxylic acids is 1. The zero-order valence-electron chi connectivity index (χ0n) is 10.4. The molecule has 0 aliphatic heterocycles. The number of methoxy groups -OCH3 is 1. The van der Waals surface area contributed by atoms with Gasteiger partial charge in [-0.1, -0.05) is 13.8 Å². The molecule has 0 rings (SSSR count). The quantitative estimate of drug-likeness (QED) is 0.705. The number of carboxylic acids is 1. The number of nitrogens with zero attached hydrogens (tertiary/aromatic N) is 1. The molecule has 2 atom stereocenters. The number of aliphatic carboxylic acids is 1. The fourth-order valence-electron chi connectivity index (χ4n) is 1.39. The molecule has 1 N–H and O–H groups in total. The minimum absolute atomic E-state index is 0.0438. The highest BCUT2D eigenvalue weighted by atomic mass is 16.5. The van der Waals surface area contributed by atoms with Gasteiger partial charge >= 0.3 is 5.97 Å². The van der Waals surface area contributed by atoms with E-state index in [-0.39, 0.29) is 18.4 Å². The Morgan fingerprint density at radius 2 is 1.94 bits per heavy atom. The number of rotatable bonds is 7. The van der Waals surface area contributed by atoms with Crippen molar-refractivity contribution in [3.05, 3.63) is 0 Å². The van der Waals surface area contributed by atoms with Crippen LogP contribution in [-0.4, -0.2) is 49.2 Å². The van der Waals surface area contributed by atoms with Crippen LogP contribution in [0, 0.1) is 11.8 Å². The number of carbonyl (C=O) groups is 2. The summed E-state index contributed by atoms with van der Waals surface area (Å²) in [7, 11) is 3.22. The van der Waals surface area contributed by atoms with Crippen molar-refractivity contribution in [2.45, 2.75) is 20.3 Å². The van der Waals surface area contributed by atoms with Crippen LogP contribution in [0.5, 0.6) is 0 Å². The maximum Gasteiger partial charge on any atom is 0.308 e. The van der Waals surface area contributed by atoms with Crippen LogP contribution in [0.1, 0.15) is 20.3 Å². The topological polar surface area (TPSA) is 66.8 Å². The normalized spacial score (nSPS) is 14.2. The molecule has 0 fully saturated rings. The molecule has 0 aliphatic rings. The van der Waals surface area contributed by atoms with Crippen molar-refractivity contribution in [1.82, 2.24) is 4.90 Å². The van der Waals surface area contributed by atoms with Crippen molar-refractivity contribution >= 4 is 11.9 Å². The SMILES string of the molecule is COCC(C)CC(=O)N(C)CC(C)C(=O)O. The van der Waals surface area contributed by atoms with Crippen LogP contribution < -0.4 is 0 Å². The molecule has 0 aliphatic carbocycles. The Bertz CT molecular complexity index is 242. The summed E-state index contributed by atoms with van der Waals surface area (Å²) >= 11 is 0. The minimum atomic E-state index is -0.885. The van der Waals surface area contributed by atoms with E-state index in [1.54, 1.807) is 21.1 Å². The van der Waals surface area contributed by atoms with Crippen molar-refractivity contribution in [3.63, 3.8) is 0 Å². The van der Waals surface area contributed by atoms with Crippen LogP contribution in [0.2, 0.25) is 0 Å². The fraction of sp³-hybridized carbons (Fsp3) is 0.818. The number of carboxylic acid groups (broad SMARTS) is 1. The van der Waals surface area contributed by atoms with Crippen molar-refractivity contribution in [1.29, 1.82) is 0 Å². The van der Waals surface area contributed by atoms with Gasteiger partial charge in [-0.25, -0.2) is 0 Å². The zero-order valence-corrected chi connectivity index (χ0v) is 10.4. The molecule has 0 heterocycles. The molecule has 0 bridgehead atoms. The predicted molar refractivity (Wildman–Crippen MR) is 60.1 cm³/mol. The number of amides is 1. The predicted octanol–water partition coefficient (Wildman–Crippen LogP) is 0.838. The maximum absolute atomic E-state index is 11.7. The third-order valence-electron chi connectivity index (χ3n) is 2.37. The first kappa shape index (κ1) is 14.9. The van der Waals surface area contributed by atoms with Crippen molar-refractivity contribution in [2.75, 3.05) is 27.3 Å². The minimum Gasteiger partial charge on any atom is -0.481 e. The molecule has 1 amide bonds. The summed E-state index contributed by atoms with van der Waals surface area (Å²) in [5.41, 5.74) is 0. The van der Waals surface area contributed by atoms with E-state index in [0.29, 0.717) is 13.0 Å². The number of hydrogen-bond acceptors (Lipinski definition) is 3. The van der Waals surface area contributed by atoms with Crippen LogP contribution in [0.15, 0.2) is 0 Å². The van der Waals surface area contributed by atoms with E-state index in [4.69, 9.17) is 9.84 Å².